The van der Waals surface area contributed by atoms with Gasteiger partial charge in [0.05, 0.1) is 6.54 Å². The highest BCUT2D eigenvalue weighted by molar-refractivity contribution is 7.98. The van der Waals surface area contributed by atoms with Crippen LogP contribution in [-0.2, 0) is 17.1 Å². The van der Waals surface area contributed by atoms with Gasteiger partial charge in [-0.05, 0) is 36.1 Å². The number of carbonyl (C=O) groups excluding carboxylic acids is 1. The van der Waals surface area contributed by atoms with Crippen molar-refractivity contribution in [2.24, 2.45) is 5.73 Å². The minimum atomic E-state index is -0.485. The lowest BCUT2D eigenvalue weighted by molar-refractivity contribution is -0.119. The maximum absolute atomic E-state index is 10.9. The molecule has 28 heavy (non-hydrogen) atoms. The topological polar surface area (TPSA) is 83.0 Å². The van der Waals surface area contributed by atoms with E-state index in [4.69, 9.17) is 10.5 Å². The van der Waals surface area contributed by atoms with E-state index in [0.29, 0.717) is 11.7 Å². The molecule has 1 aliphatic carbocycles. The molecule has 4 rings (SSSR count). The van der Waals surface area contributed by atoms with E-state index in [1.807, 2.05) is 30.3 Å². The Morgan fingerprint density at radius 2 is 1.89 bits per heavy atom. The Bertz CT molecular complexity index is 954. The molecule has 0 unspecified atom stereocenters. The van der Waals surface area contributed by atoms with Gasteiger partial charge in [0.15, 0.2) is 11.8 Å². The number of amides is 1. The van der Waals surface area contributed by atoms with Crippen molar-refractivity contribution in [2.45, 2.75) is 36.2 Å². The number of thioether (sulfide) groups is 1. The average molecular weight is 395 g/mol. The first-order chi connectivity index (χ1) is 13.7. The molecule has 1 heterocycles. The molecule has 1 saturated carbocycles. The fourth-order valence-corrected chi connectivity index (χ4v) is 3.88. The first-order valence-electron chi connectivity index (χ1n) is 9.29. The Hall–Kier alpha value is -2.80. The number of benzene rings is 2. The number of nitrogens with two attached hydrogens (primary N) is 1. The van der Waals surface area contributed by atoms with Gasteiger partial charge in [-0.3, -0.25) is 4.79 Å². The third kappa shape index (κ3) is 4.72. The van der Waals surface area contributed by atoms with Crippen LogP contribution in [0.3, 0.4) is 0 Å². The number of primary amides is 1. The number of nitrogens with zero attached hydrogens (tertiary/aromatic N) is 3. The Balaban J connectivity index is 1.48. The Morgan fingerprint density at radius 1 is 1.11 bits per heavy atom. The quantitative estimate of drug-likeness (QED) is 0.563. The fourth-order valence-electron chi connectivity index (χ4n) is 2.99. The zero-order valence-electron chi connectivity index (χ0n) is 15.5. The van der Waals surface area contributed by atoms with E-state index < -0.39 is 5.91 Å². The van der Waals surface area contributed by atoms with Gasteiger partial charge in [-0.15, -0.1) is 10.2 Å². The fraction of sp³-hybridized carbons (Fsp3) is 0.286. The summed E-state index contributed by atoms with van der Waals surface area (Å²) in [6.07, 6.45) is 2.38. The van der Waals surface area contributed by atoms with Gasteiger partial charge in [-0.1, -0.05) is 54.2 Å². The molecule has 2 aromatic carbocycles. The summed E-state index contributed by atoms with van der Waals surface area (Å²) < 4.78 is 7.63. The van der Waals surface area contributed by atoms with Gasteiger partial charge in [0.25, 0.3) is 5.91 Å². The Morgan fingerprint density at radius 3 is 2.64 bits per heavy atom. The van der Waals surface area contributed by atoms with Gasteiger partial charge in [-0.25, -0.2) is 0 Å². The summed E-state index contributed by atoms with van der Waals surface area (Å²) in [5.41, 5.74) is 7.47. The van der Waals surface area contributed by atoms with Crippen molar-refractivity contribution < 1.29 is 9.53 Å². The molecule has 0 spiro atoms. The van der Waals surface area contributed by atoms with Crippen LogP contribution in [0.4, 0.5) is 0 Å². The van der Waals surface area contributed by atoms with Crippen molar-refractivity contribution in [1.82, 2.24) is 14.8 Å². The summed E-state index contributed by atoms with van der Waals surface area (Å²) in [4.78, 5) is 10.9. The molecule has 0 bridgehead atoms. The lowest BCUT2D eigenvalue weighted by Gasteiger charge is -2.10. The number of hydrogen-bond acceptors (Lipinski definition) is 5. The zero-order chi connectivity index (χ0) is 19.3. The summed E-state index contributed by atoms with van der Waals surface area (Å²) in [6.45, 7) is 0.663. The number of rotatable bonds is 9. The van der Waals surface area contributed by atoms with Crippen molar-refractivity contribution in [1.29, 1.82) is 0 Å². The van der Waals surface area contributed by atoms with Crippen LogP contribution in [0.5, 0.6) is 5.75 Å². The van der Waals surface area contributed by atoms with Crippen LogP contribution in [0, 0.1) is 0 Å². The molecule has 3 aromatic rings. The van der Waals surface area contributed by atoms with Crippen molar-refractivity contribution in [3.63, 3.8) is 0 Å². The second kappa shape index (κ2) is 8.48. The van der Waals surface area contributed by atoms with E-state index in [-0.39, 0.29) is 6.61 Å². The molecule has 1 aromatic heterocycles. The standard InChI is InChI=1S/C21H22N4O2S/c22-19(26)13-27-18-8-4-7-16(11-18)14-28-21-24-23-20(17-9-10-17)25(21)12-15-5-2-1-3-6-15/h1-8,11,17H,9-10,12-14H2,(H2,22,26). The second-order valence-corrected chi connectivity index (χ2v) is 7.82. The van der Waals surface area contributed by atoms with Gasteiger partial charge in [0.1, 0.15) is 11.6 Å². The monoisotopic (exact) mass is 394 g/mol. The second-order valence-electron chi connectivity index (χ2n) is 6.88. The molecule has 2 N–H and O–H groups in total. The first-order valence-corrected chi connectivity index (χ1v) is 10.3. The van der Waals surface area contributed by atoms with E-state index in [9.17, 15) is 4.79 Å². The molecule has 7 heteroatoms. The van der Waals surface area contributed by atoms with Crippen LogP contribution >= 0.6 is 11.8 Å². The van der Waals surface area contributed by atoms with E-state index in [0.717, 1.165) is 28.8 Å². The Kier molecular flexibility index (Phi) is 5.62. The van der Waals surface area contributed by atoms with Gasteiger partial charge in [0, 0.05) is 11.7 Å². The molecule has 1 fully saturated rings. The van der Waals surface area contributed by atoms with Crippen LogP contribution in [0.15, 0.2) is 59.8 Å². The predicted octanol–water partition coefficient (Wildman–Crippen LogP) is 3.36. The van der Waals surface area contributed by atoms with E-state index in [1.54, 1.807) is 11.8 Å². The van der Waals surface area contributed by atoms with Gasteiger partial charge in [0.2, 0.25) is 0 Å². The van der Waals surface area contributed by atoms with Crippen LogP contribution in [-0.4, -0.2) is 27.3 Å². The van der Waals surface area contributed by atoms with E-state index in [1.165, 1.54) is 18.4 Å². The smallest absolute Gasteiger partial charge is 0.255 e. The van der Waals surface area contributed by atoms with Crippen molar-refractivity contribution >= 4 is 17.7 Å². The van der Waals surface area contributed by atoms with E-state index >= 15 is 0 Å². The molecule has 0 radical (unpaired) electrons. The van der Waals surface area contributed by atoms with Crippen LogP contribution in [0.2, 0.25) is 0 Å². The normalized spacial score (nSPS) is 13.4. The first kappa shape index (κ1) is 18.6. The summed E-state index contributed by atoms with van der Waals surface area (Å²) >= 11 is 1.66. The van der Waals surface area contributed by atoms with Crippen LogP contribution < -0.4 is 10.5 Å². The molecule has 0 aliphatic heterocycles. The predicted molar refractivity (Wildman–Crippen MR) is 108 cm³/mol. The average Bonchev–Trinajstić information content (AvgIpc) is 3.48. The highest BCUT2D eigenvalue weighted by Crippen LogP contribution is 2.40. The lowest BCUT2D eigenvalue weighted by atomic mass is 10.2. The number of ether oxygens (including phenoxy) is 1. The molecule has 0 saturated heterocycles. The summed E-state index contributed by atoms with van der Waals surface area (Å²) in [5.74, 6) is 2.52. The molecule has 1 amide bonds. The molecule has 144 valence electrons. The van der Waals surface area contributed by atoms with Crippen molar-refractivity contribution in [3.05, 3.63) is 71.5 Å². The minimum Gasteiger partial charge on any atom is -0.484 e. The number of aromatic nitrogens is 3. The van der Waals surface area contributed by atoms with Crippen molar-refractivity contribution in [2.75, 3.05) is 6.61 Å². The largest absolute Gasteiger partial charge is 0.484 e. The van der Waals surface area contributed by atoms with Crippen LogP contribution in [0.1, 0.15) is 35.7 Å². The summed E-state index contributed by atoms with van der Waals surface area (Å²) in [7, 11) is 0. The molecular weight excluding hydrogens is 372 g/mol. The van der Waals surface area contributed by atoms with E-state index in [2.05, 4.69) is 39.0 Å². The third-order valence-corrected chi connectivity index (χ3v) is 5.56. The summed E-state index contributed by atoms with van der Waals surface area (Å²) in [5, 5.41) is 9.85. The van der Waals surface area contributed by atoms with Gasteiger partial charge in [-0.2, -0.15) is 0 Å². The Labute approximate surface area is 168 Å². The maximum atomic E-state index is 10.9. The lowest BCUT2D eigenvalue weighted by Crippen LogP contribution is -2.20. The van der Waals surface area contributed by atoms with Gasteiger partial charge >= 0.3 is 0 Å². The van der Waals surface area contributed by atoms with Gasteiger partial charge < -0.3 is 15.0 Å². The molecule has 0 atom stereocenters. The zero-order valence-corrected chi connectivity index (χ0v) is 16.3. The highest BCUT2D eigenvalue weighted by atomic mass is 32.2. The maximum Gasteiger partial charge on any atom is 0.255 e. The molecule has 1 aliphatic rings. The van der Waals surface area contributed by atoms with Crippen LogP contribution in [0.25, 0.3) is 0 Å². The number of hydrogen-bond donors (Lipinski definition) is 1. The molecular formula is C21H22N4O2S. The number of carbonyl (C=O) groups is 1. The summed E-state index contributed by atoms with van der Waals surface area (Å²) in [6, 6.07) is 18.1. The minimum absolute atomic E-state index is 0.118. The SMILES string of the molecule is NC(=O)COc1cccc(CSc2nnc(C3CC3)n2Cc2ccccc2)c1. The highest BCUT2D eigenvalue weighted by Gasteiger charge is 2.30. The molecule has 6 nitrogen and oxygen atoms in total. The van der Waals surface area contributed by atoms with Crippen molar-refractivity contribution in [3.8, 4) is 5.75 Å². The third-order valence-electron chi connectivity index (χ3n) is 4.52.